The minimum absolute atomic E-state index is 0.347. The normalized spacial score (nSPS) is 14.9. The molecule has 2 aromatic carbocycles. The van der Waals surface area contributed by atoms with Crippen LogP contribution in [0, 0.1) is 0 Å². The number of benzene rings is 2. The van der Waals surface area contributed by atoms with Crippen LogP contribution >= 0.6 is 11.8 Å². The van der Waals surface area contributed by atoms with Crippen LogP contribution in [0.3, 0.4) is 0 Å². The molecule has 2 aromatic rings. The molecular formula is C18H21NS. The van der Waals surface area contributed by atoms with E-state index in [1.807, 2.05) is 11.8 Å². The Morgan fingerprint density at radius 1 is 1.00 bits per heavy atom. The van der Waals surface area contributed by atoms with Gasteiger partial charge < -0.3 is 5.32 Å². The topological polar surface area (TPSA) is 12.0 Å². The molecule has 1 aliphatic rings. The van der Waals surface area contributed by atoms with Crippen LogP contribution in [0.25, 0.3) is 11.1 Å². The van der Waals surface area contributed by atoms with Crippen molar-refractivity contribution >= 4 is 11.8 Å². The number of rotatable bonds is 5. The van der Waals surface area contributed by atoms with Gasteiger partial charge in [0.15, 0.2) is 0 Å². The molecule has 0 fully saturated rings. The number of hydrogen-bond donors (Lipinski definition) is 1. The molecule has 0 amide bonds. The minimum Gasteiger partial charge on any atom is -0.303 e. The lowest BCUT2D eigenvalue weighted by molar-refractivity contribution is 0.499. The quantitative estimate of drug-likeness (QED) is 0.868. The molecule has 104 valence electrons. The molecule has 0 spiro atoms. The summed E-state index contributed by atoms with van der Waals surface area (Å²) in [5.41, 5.74) is 5.63. The van der Waals surface area contributed by atoms with Crippen molar-refractivity contribution in [1.82, 2.24) is 5.32 Å². The molecule has 1 atom stereocenters. The highest BCUT2D eigenvalue weighted by molar-refractivity contribution is 7.98. The first-order valence-electron chi connectivity index (χ1n) is 7.28. The van der Waals surface area contributed by atoms with Gasteiger partial charge in [-0.1, -0.05) is 55.5 Å². The van der Waals surface area contributed by atoms with E-state index in [-0.39, 0.29) is 0 Å². The number of thioether (sulfide) groups is 1. The van der Waals surface area contributed by atoms with Crippen LogP contribution < -0.4 is 5.32 Å². The van der Waals surface area contributed by atoms with Crippen molar-refractivity contribution in [2.75, 3.05) is 12.0 Å². The van der Waals surface area contributed by atoms with Crippen molar-refractivity contribution in [3.05, 3.63) is 59.7 Å². The molecule has 0 radical (unpaired) electrons. The van der Waals surface area contributed by atoms with Crippen LogP contribution in [-0.4, -0.2) is 18.1 Å². The van der Waals surface area contributed by atoms with Gasteiger partial charge in [-0.15, -0.1) is 0 Å². The van der Waals surface area contributed by atoms with E-state index in [1.54, 1.807) is 0 Å². The van der Waals surface area contributed by atoms with Crippen molar-refractivity contribution in [3.8, 4) is 11.1 Å². The Balaban J connectivity index is 1.98. The third kappa shape index (κ3) is 2.38. The second kappa shape index (κ2) is 6.02. The van der Waals surface area contributed by atoms with Crippen molar-refractivity contribution in [1.29, 1.82) is 0 Å². The average Bonchev–Trinajstić information content (AvgIpc) is 2.82. The molecule has 1 aliphatic carbocycles. The molecule has 0 aromatic heterocycles. The molecular weight excluding hydrogens is 262 g/mol. The molecule has 0 bridgehead atoms. The summed E-state index contributed by atoms with van der Waals surface area (Å²) in [5.74, 6) is 1.16. The van der Waals surface area contributed by atoms with Crippen LogP contribution in [0.1, 0.15) is 30.5 Å². The van der Waals surface area contributed by atoms with Gasteiger partial charge in [0.05, 0.1) is 6.04 Å². The summed E-state index contributed by atoms with van der Waals surface area (Å²) in [5, 5.41) is 3.86. The zero-order valence-electron chi connectivity index (χ0n) is 12.1. The summed E-state index contributed by atoms with van der Waals surface area (Å²) in [6.07, 6.45) is 3.35. The summed E-state index contributed by atoms with van der Waals surface area (Å²) in [6.45, 7) is 2.26. The van der Waals surface area contributed by atoms with Gasteiger partial charge in [-0.2, -0.15) is 11.8 Å². The zero-order valence-corrected chi connectivity index (χ0v) is 12.9. The highest BCUT2D eigenvalue weighted by atomic mass is 32.2. The molecule has 0 aliphatic heterocycles. The summed E-state index contributed by atoms with van der Waals surface area (Å²) in [4.78, 5) is 0. The standard InChI is InChI=1S/C18H21NS/c1-3-13(12-20-2)19-18-16-10-6-4-8-14(16)15-9-5-7-11-17(15)18/h4-11,13,18-19H,3,12H2,1-2H3. The van der Waals surface area contributed by atoms with Crippen LogP contribution in [-0.2, 0) is 0 Å². The monoisotopic (exact) mass is 283 g/mol. The molecule has 1 nitrogen and oxygen atoms in total. The van der Waals surface area contributed by atoms with Gasteiger partial charge in [0.1, 0.15) is 0 Å². The fourth-order valence-electron chi connectivity index (χ4n) is 3.06. The van der Waals surface area contributed by atoms with Crippen molar-refractivity contribution < 1.29 is 0 Å². The van der Waals surface area contributed by atoms with E-state index in [1.165, 1.54) is 28.7 Å². The lowest BCUT2D eigenvalue weighted by Gasteiger charge is -2.23. The van der Waals surface area contributed by atoms with Crippen LogP contribution in [0.4, 0.5) is 0 Å². The second-order valence-corrected chi connectivity index (χ2v) is 6.25. The fourth-order valence-corrected chi connectivity index (χ4v) is 3.79. The fraction of sp³-hybridized carbons (Fsp3) is 0.333. The average molecular weight is 283 g/mol. The lowest BCUT2D eigenvalue weighted by atomic mass is 10.0. The Kier molecular flexibility index (Phi) is 4.13. The van der Waals surface area contributed by atoms with E-state index in [0.717, 1.165) is 5.75 Å². The Morgan fingerprint density at radius 2 is 1.55 bits per heavy atom. The smallest absolute Gasteiger partial charge is 0.0591 e. The van der Waals surface area contributed by atoms with Gasteiger partial charge in [-0.25, -0.2) is 0 Å². The zero-order chi connectivity index (χ0) is 13.9. The lowest BCUT2D eigenvalue weighted by Crippen LogP contribution is -2.34. The van der Waals surface area contributed by atoms with E-state index < -0.39 is 0 Å². The van der Waals surface area contributed by atoms with E-state index in [0.29, 0.717) is 12.1 Å². The molecule has 0 saturated heterocycles. The number of nitrogens with one attached hydrogen (secondary N) is 1. The van der Waals surface area contributed by atoms with Crippen LogP contribution in [0.15, 0.2) is 48.5 Å². The highest BCUT2D eigenvalue weighted by Gasteiger charge is 2.28. The van der Waals surface area contributed by atoms with Crippen molar-refractivity contribution in [3.63, 3.8) is 0 Å². The van der Waals surface area contributed by atoms with Gasteiger partial charge in [-0.3, -0.25) is 0 Å². The Morgan fingerprint density at radius 3 is 2.05 bits per heavy atom. The maximum Gasteiger partial charge on any atom is 0.0591 e. The summed E-state index contributed by atoms with van der Waals surface area (Å²) in [7, 11) is 0. The van der Waals surface area contributed by atoms with E-state index >= 15 is 0 Å². The van der Waals surface area contributed by atoms with Crippen LogP contribution in [0.2, 0.25) is 0 Å². The van der Waals surface area contributed by atoms with Crippen molar-refractivity contribution in [2.45, 2.75) is 25.4 Å². The number of hydrogen-bond acceptors (Lipinski definition) is 2. The molecule has 2 heteroatoms. The predicted octanol–water partition coefficient (Wildman–Crippen LogP) is 4.49. The molecule has 1 unspecified atom stereocenters. The van der Waals surface area contributed by atoms with E-state index in [2.05, 4.69) is 67.0 Å². The summed E-state index contributed by atoms with van der Waals surface area (Å²) < 4.78 is 0. The van der Waals surface area contributed by atoms with Gasteiger partial charge >= 0.3 is 0 Å². The number of fused-ring (bicyclic) bond motifs is 3. The minimum atomic E-state index is 0.347. The molecule has 0 heterocycles. The second-order valence-electron chi connectivity index (χ2n) is 5.33. The first-order valence-corrected chi connectivity index (χ1v) is 8.67. The van der Waals surface area contributed by atoms with Gasteiger partial charge in [0.25, 0.3) is 0 Å². The SMILES string of the molecule is CCC(CSC)NC1c2ccccc2-c2ccccc21. The van der Waals surface area contributed by atoms with Crippen LogP contribution in [0.5, 0.6) is 0 Å². The Bertz CT molecular complexity index is 548. The maximum atomic E-state index is 3.86. The molecule has 3 rings (SSSR count). The molecule has 1 N–H and O–H groups in total. The predicted molar refractivity (Wildman–Crippen MR) is 89.3 cm³/mol. The third-order valence-corrected chi connectivity index (χ3v) is 4.83. The third-order valence-electron chi connectivity index (χ3n) is 4.10. The van der Waals surface area contributed by atoms with E-state index in [9.17, 15) is 0 Å². The molecule has 20 heavy (non-hydrogen) atoms. The van der Waals surface area contributed by atoms with Gasteiger partial charge in [0, 0.05) is 11.8 Å². The summed E-state index contributed by atoms with van der Waals surface area (Å²) in [6, 6.07) is 18.5. The van der Waals surface area contributed by atoms with Gasteiger partial charge in [0.2, 0.25) is 0 Å². The summed E-state index contributed by atoms with van der Waals surface area (Å²) >= 11 is 1.92. The highest BCUT2D eigenvalue weighted by Crippen LogP contribution is 2.43. The maximum absolute atomic E-state index is 3.86. The van der Waals surface area contributed by atoms with Crippen molar-refractivity contribution in [2.24, 2.45) is 0 Å². The largest absolute Gasteiger partial charge is 0.303 e. The van der Waals surface area contributed by atoms with E-state index in [4.69, 9.17) is 0 Å². The first-order chi connectivity index (χ1) is 9.85. The molecule has 0 saturated carbocycles. The first kappa shape index (κ1) is 13.7. The Hall–Kier alpha value is -1.25. The van der Waals surface area contributed by atoms with Gasteiger partial charge in [-0.05, 0) is 34.9 Å². The Labute approximate surface area is 125 Å².